The molecule has 1 aromatic carbocycles. The van der Waals surface area contributed by atoms with E-state index in [1.165, 1.54) is 0 Å². The van der Waals surface area contributed by atoms with Crippen LogP contribution in [-0.4, -0.2) is 30.8 Å². The van der Waals surface area contributed by atoms with Crippen LogP contribution in [0.4, 0.5) is 4.79 Å². The summed E-state index contributed by atoms with van der Waals surface area (Å²) >= 11 is 5.85. The van der Waals surface area contributed by atoms with E-state index in [1.54, 1.807) is 0 Å². The predicted octanol–water partition coefficient (Wildman–Crippen LogP) is 1.56. The first-order valence-electron chi connectivity index (χ1n) is 5.59. The van der Waals surface area contributed by atoms with Gasteiger partial charge in [0, 0.05) is 24.7 Å². The molecule has 0 bridgehead atoms. The van der Waals surface area contributed by atoms with Crippen molar-refractivity contribution < 1.29 is 9.90 Å². The average molecular weight is 257 g/mol. The molecule has 0 aliphatic carbocycles. The Labute approximate surface area is 106 Å². The van der Waals surface area contributed by atoms with Gasteiger partial charge in [0.15, 0.2) is 0 Å². The van der Waals surface area contributed by atoms with Gasteiger partial charge in [0.05, 0.1) is 0 Å². The quantitative estimate of drug-likeness (QED) is 0.677. The Kier molecular flexibility index (Phi) is 6.43. The van der Waals surface area contributed by atoms with Crippen LogP contribution in [0.2, 0.25) is 5.02 Å². The molecule has 1 aromatic rings. The molecule has 4 nitrogen and oxygen atoms in total. The van der Waals surface area contributed by atoms with E-state index < -0.39 is 0 Å². The number of urea groups is 1. The van der Waals surface area contributed by atoms with Gasteiger partial charge >= 0.3 is 6.03 Å². The number of amides is 2. The summed E-state index contributed by atoms with van der Waals surface area (Å²) in [5.74, 6) is 0. The molecule has 0 unspecified atom stereocenters. The fourth-order valence-electron chi connectivity index (χ4n) is 1.36. The van der Waals surface area contributed by atoms with Gasteiger partial charge in [0.2, 0.25) is 0 Å². The van der Waals surface area contributed by atoms with Crippen molar-refractivity contribution in [1.82, 2.24) is 10.6 Å². The van der Waals surface area contributed by atoms with Crippen LogP contribution in [0.1, 0.15) is 12.0 Å². The molecular formula is C12H17ClN2O2. The van der Waals surface area contributed by atoms with E-state index in [4.69, 9.17) is 16.7 Å². The van der Waals surface area contributed by atoms with Crippen molar-refractivity contribution in [1.29, 1.82) is 0 Å². The zero-order valence-electron chi connectivity index (χ0n) is 9.58. The summed E-state index contributed by atoms with van der Waals surface area (Å²) < 4.78 is 0. The lowest BCUT2D eigenvalue weighted by molar-refractivity contribution is 0.238. The average Bonchev–Trinajstić information content (AvgIpc) is 2.29. The molecule has 0 aromatic heterocycles. The molecule has 0 heterocycles. The molecule has 0 spiro atoms. The summed E-state index contributed by atoms with van der Waals surface area (Å²) in [4.78, 5) is 11.2. The molecule has 0 saturated heterocycles. The summed E-state index contributed by atoms with van der Waals surface area (Å²) in [6.07, 6.45) is 1.32. The molecule has 17 heavy (non-hydrogen) atoms. The minimum absolute atomic E-state index is 0.0861. The molecule has 0 fully saturated rings. The van der Waals surface area contributed by atoms with Gasteiger partial charge in [-0.25, -0.2) is 4.79 Å². The number of aliphatic hydroxyl groups is 1. The van der Waals surface area contributed by atoms with Gasteiger partial charge < -0.3 is 15.7 Å². The third kappa shape index (κ3) is 6.14. The third-order valence-electron chi connectivity index (χ3n) is 2.21. The van der Waals surface area contributed by atoms with Crippen LogP contribution in [0.15, 0.2) is 24.3 Å². The van der Waals surface area contributed by atoms with Crippen LogP contribution in [-0.2, 0) is 6.42 Å². The van der Waals surface area contributed by atoms with Crippen LogP contribution in [0, 0.1) is 0 Å². The monoisotopic (exact) mass is 256 g/mol. The van der Waals surface area contributed by atoms with Crippen LogP contribution in [0.5, 0.6) is 0 Å². The number of nitrogens with one attached hydrogen (secondary N) is 2. The van der Waals surface area contributed by atoms with Crippen molar-refractivity contribution in [3.8, 4) is 0 Å². The third-order valence-corrected chi connectivity index (χ3v) is 2.44. The topological polar surface area (TPSA) is 61.4 Å². The van der Waals surface area contributed by atoms with Crippen LogP contribution >= 0.6 is 11.6 Å². The van der Waals surface area contributed by atoms with Crippen molar-refractivity contribution >= 4 is 17.6 Å². The number of benzene rings is 1. The minimum atomic E-state index is -0.208. The van der Waals surface area contributed by atoms with Gasteiger partial charge in [0.25, 0.3) is 0 Å². The highest BCUT2D eigenvalue weighted by molar-refractivity contribution is 6.30. The molecule has 2 amide bonds. The van der Waals surface area contributed by atoms with Gasteiger partial charge in [-0.15, -0.1) is 0 Å². The number of carbonyl (C=O) groups excluding carboxylic acids is 1. The molecule has 0 saturated carbocycles. The maximum Gasteiger partial charge on any atom is 0.314 e. The van der Waals surface area contributed by atoms with Gasteiger partial charge in [-0.05, 0) is 30.5 Å². The van der Waals surface area contributed by atoms with E-state index in [-0.39, 0.29) is 12.6 Å². The molecule has 94 valence electrons. The Morgan fingerprint density at radius 2 is 2.06 bits per heavy atom. The lowest BCUT2D eigenvalue weighted by atomic mass is 10.1. The molecule has 0 atom stereocenters. The maximum atomic E-state index is 11.2. The highest BCUT2D eigenvalue weighted by Crippen LogP contribution is 2.10. The Morgan fingerprint density at radius 3 is 2.76 bits per heavy atom. The van der Waals surface area contributed by atoms with E-state index in [0.717, 1.165) is 12.0 Å². The number of aliphatic hydroxyl groups excluding tert-OH is 1. The molecule has 5 heteroatoms. The summed E-state index contributed by atoms with van der Waals surface area (Å²) in [6, 6.07) is 7.35. The van der Waals surface area contributed by atoms with E-state index >= 15 is 0 Å². The van der Waals surface area contributed by atoms with Crippen molar-refractivity contribution in [2.75, 3.05) is 19.7 Å². The number of halogens is 1. The Morgan fingerprint density at radius 1 is 1.29 bits per heavy atom. The molecule has 0 aliphatic rings. The highest BCUT2D eigenvalue weighted by Gasteiger charge is 1.99. The fourth-order valence-corrected chi connectivity index (χ4v) is 1.57. The second-order valence-electron chi connectivity index (χ2n) is 3.64. The van der Waals surface area contributed by atoms with E-state index in [2.05, 4.69) is 10.6 Å². The maximum absolute atomic E-state index is 11.2. The SMILES string of the molecule is O=C(NCCCO)NCCc1cccc(Cl)c1. The first kappa shape index (κ1) is 13.8. The van der Waals surface area contributed by atoms with E-state index in [1.807, 2.05) is 24.3 Å². The first-order chi connectivity index (χ1) is 8.22. The summed E-state index contributed by atoms with van der Waals surface area (Å²) in [7, 11) is 0. The molecule has 1 rings (SSSR count). The second-order valence-corrected chi connectivity index (χ2v) is 4.08. The second kappa shape index (κ2) is 7.92. The van der Waals surface area contributed by atoms with Gasteiger partial charge in [0.1, 0.15) is 0 Å². The van der Waals surface area contributed by atoms with Crippen LogP contribution in [0.25, 0.3) is 0 Å². The van der Waals surface area contributed by atoms with Crippen LogP contribution < -0.4 is 10.6 Å². The zero-order chi connectivity index (χ0) is 12.5. The Hall–Kier alpha value is -1.26. The van der Waals surface area contributed by atoms with Crippen molar-refractivity contribution in [3.63, 3.8) is 0 Å². The molecule has 3 N–H and O–H groups in total. The largest absolute Gasteiger partial charge is 0.396 e. The molecule has 0 radical (unpaired) electrons. The van der Waals surface area contributed by atoms with Crippen molar-refractivity contribution in [2.24, 2.45) is 0 Å². The smallest absolute Gasteiger partial charge is 0.314 e. The Bertz CT molecular complexity index is 358. The standard InChI is InChI=1S/C12H17ClN2O2/c13-11-4-1-3-10(9-11)5-7-15-12(17)14-6-2-8-16/h1,3-4,9,16H,2,5-8H2,(H2,14,15,17). The summed E-state index contributed by atoms with van der Waals surface area (Å²) in [5.41, 5.74) is 1.09. The minimum Gasteiger partial charge on any atom is -0.396 e. The number of carbonyl (C=O) groups is 1. The Balaban J connectivity index is 2.17. The molecular weight excluding hydrogens is 240 g/mol. The lowest BCUT2D eigenvalue weighted by Gasteiger charge is -2.07. The highest BCUT2D eigenvalue weighted by atomic mass is 35.5. The predicted molar refractivity (Wildman–Crippen MR) is 68.3 cm³/mol. The summed E-state index contributed by atoms with van der Waals surface area (Å²) in [6.45, 7) is 1.13. The van der Waals surface area contributed by atoms with Crippen molar-refractivity contribution in [3.05, 3.63) is 34.9 Å². The number of hydrogen-bond donors (Lipinski definition) is 3. The summed E-state index contributed by atoms with van der Waals surface area (Å²) in [5, 5.41) is 14.6. The lowest BCUT2D eigenvalue weighted by Crippen LogP contribution is -2.37. The zero-order valence-corrected chi connectivity index (χ0v) is 10.3. The number of hydrogen-bond acceptors (Lipinski definition) is 2. The molecule has 0 aliphatic heterocycles. The van der Waals surface area contributed by atoms with Gasteiger partial charge in [-0.3, -0.25) is 0 Å². The van der Waals surface area contributed by atoms with Gasteiger partial charge in [-0.2, -0.15) is 0 Å². The van der Waals surface area contributed by atoms with Gasteiger partial charge in [-0.1, -0.05) is 23.7 Å². The van der Waals surface area contributed by atoms with Crippen LogP contribution in [0.3, 0.4) is 0 Å². The fraction of sp³-hybridized carbons (Fsp3) is 0.417. The van der Waals surface area contributed by atoms with E-state index in [9.17, 15) is 4.79 Å². The van der Waals surface area contributed by atoms with Crippen molar-refractivity contribution in [2.45, 2.75) is 12.8 Å². The number of rotatable bonds is 6. The van der Waals surface area contributed by atoms with E-state index in [0.29, 0.717) is 24.5 Å². The normalized spacial score (nSPS) is 10.0. The first-order valence-corrected chi connectivity index (χ1v) is 5.97.